The molecule has 0 aromatic rings. The van der Waals surface area contributed by atoms with Gasteiger partial charge in [-0.15, -0.1) is 0 Å². The van der Waals surface area contributed by atoms with Crippen molar-refractivity contribution in [3.05, 3.63) is 20.5 Å². The largest absolute Gasteiger partial charge is 1.00 e. The third-order valence-corrected chi connectivity index (χ3v) is 4.13. The third kappa shape index (κ3) is 6.03. The second-order valence-corrected chi connectivity index (χ2v) is 5.58. The minimum Gasteiger partial charge on any atom is -1.00 e. The molecule has 0 atom stereocenters. The van der Waals surface area contributed by atoms with Gasteiger partial charge in [0, 0.05) is 0 Å². The van der Waals surface area contributed by atoms with Gasteiger partial charge in [0.15, 0.2) is 0 Å². The zero-order valence-electron chi connectivity index (χ0n) is 10.3. The van der Waals surface area contributed by atoms with Gasteiger partial charge in [-0.05, 0) is 0 Å². The van der Waals surface area contributed by atoms with Gasteiger partial charge >= 0.3 is 104 Å². The molecule has 0 saturated heterocycles. The summed E-state index contributed by atoms with van der Waals surface area (Å²) in [7, 11) is 0. The van der Waals surface area contributed by atoms with Gasteiger partial charge in [-0.25, -0.2) is 0 Å². The van der Waals surface area contributed by atoms with Gasteiger partial charge < -0.3 is 24.8 Å². The van der Waals surface area contributed by atoms with Gasteiger partial charge in [0.2, 0.25) is 0 Å². The summed E-state index contributed by atoms with van der Waals surface area (Å²) in [5, 5.41) is 0. The van der Waals surface area contributed by atoms with Gasteiger partial charge in [-0.3, -0.25) is 0 Å². The molecule has 0 heterocycles. The molecule has 0 saturated carbocycles. The maximum Gasteiger partial charge on any atom is -1.00 e. The van der Waals surface area contributed by atoms with Crippen molar-refractivity contribution in [2.45, 2.75) is 58.8 Å². The summed E-state index contributed by atoms with van der Waals surface area (Å²) in [6, 6.07) is 0. The van der Waals surface area contributed by atoms with Crippen LogP contribution in [0.15, 0.2) is 20.5 Å². The van der Waals surface area contributed by atoms with Crippen LogP contribution in [-0.4, -0.2) is 0 Å². The van der Waals surface area contributed by atoms with Crippen LogP contribution in [0.1, 0.15) is 58.8 Å². The van der Waals surface area contributed by atoms with Crippen LogP contribution in [0.25, 0.3) is 0 Å². The summed E-state index contributed by atoms with van der Waals surface area (Å²) in [6.45, 7) is 4.57. The summed E-state index contributed by atoms with van der Waals surface area (Å²) in [6.07, 6.45) is 11.8. The Balaban J connectivity index is 0. The molecule has 0 aromatic carbocycles. The van der Waals surface area contributed by atoms with Gasteiger partial charge in [-0.1, -0.05) is 0 Å². The zero-order valence-corrected chi connectivity index (χ0v) is 14.3. The Hall–Kier alpha value is 0.943. The number of allylic oxidation sites excluding steroid dienone is 4. The molecular formula is C13H21Cl2Zr. The first-order valence-corrected chi connectivity index (χ1v) is 7.15. The van der Waals surface area contributed by atoms with Crippen LogP contribution in [-0.2, 0) is 24.7 Å². The maximum absolute atomic E-state index is 2.48. The van der Waals surface area contributed by atoms with Crippen LogP contribution in [0.4, 0.5) is 0 Å². The number of rotatable bonds is 6. The molecule has 1 aliphatic carbocycles. The zero-order chi connectivity index (χ0) is 10.4. The normalized spacial score (nSPS) is 14.4. The second-order valence-electron chi connectivity index (χ2n) is 4.10. The molecule has 91 valence electrons. The van der Waals surface area contributed by atoms with Crippen molar-refractivity contribution in [3.63, 3.8) is 0 Å². The van der Waals surface area contributed by atoms with E-state index in [1.54, 1.807) is 39.1 Å². The second kappa shape index (κ2) is 11.1. The van der Waals surface area contributed by atoms with Crippen molar-refractivity contribution in [2.24, 2.45) is 0 Å². The van der Waals surface area contributed by atoms with E-state index >= 15 is 0 Å². The van der Waals surface area contributed by atoms with E-state index in [0.717, 1.165) is 0 Å². The van der Waals surface area contributed by atoms with Gasteiger partial charge in [0.05, 0.1) is 0 Å². The van der Waals surface area contributed by atoms with E-state index < -0.39 is 0 Å². The number of hydrogen-bond donors (Lipinski definition) is 0. The van der Waals surface area contributed by atoms with Crippen molar-refractivity contribution < 1.29 is 49.5 Å². The van der Waals surface area contributed by atoms with E-state index in [0.29, 0.717) is 0 Å². The molecule has 0 aliphatic heterocycles. The van der Waals surface area contributed by atoms with Crippen molar-refractivity contribution >= 4 is 0 Å². The fourth-order valence-corrected chi connectivity index (χ4v) is 2.90. The molecule has 0 unspecified atom stereocenters. The van der Waals surface area contributed by atoms with Crippen LogP contribution >= 0.6 is 0 Å². The topological polar surface area (TPSA) is 0 Å². The minimum atomic E-state index is 0. The molecular weight excluding hydrogens is 318 g/mol. The van der Waals surface area contributed by atoms with E-state index in [2.05, 4.69) is 19.9 Å². The molecule has 0 fully saturated rings. The van der Waals surface area contributed by atoms with Crippen LogP contribution in [0.3, 0.4) is 0 Å². The molecule has 3 heteroatoms. The molecule has 1 aliphatic rings. The Bertz CT molecular complexity index is 244. The molecule has 0 radical (unpaired) electrons. The van der Waals surface area contributed by atoms with Crippen LogP contribution in [0.2, 0.25) is 0 Å². The Labute approximate surface area is 128 Å². The molecule has 16 heavy (non-hydrogen) atoms. The first kappa shape index (κ1) is 19.3. The van der Waals surface area contributed by atoms with E-state index in [-0.39, 0.29) is 24.8 Å². The van der Waals surface area contributed by atoms with Gasteiger partial charge in [0.1, 0.15) is 0 Å². The smallest absolute Gasteiger partial charge is 1.00 e. The number of hydrogen-bond acceptors (Lipinski definition) is 0. The first-order valence-electron chi connectivity index (χ1n) is 5.92. The molecule has 0 nitrogen and oxygen atoms in total. The van der Waals surface area contributed by atoms with Crippen molar-refractivity contribution in [3.8, 4) is 0 Å². The van der Waals surface area contributed by atoms with E-state index in [1.165, 1.54) is 44.9 Å². The standard InChI is InChI=1S/C13H21.2ClH.Zr/c1-3-5-8-12-10-7-11-13(12)9-6-4-2;;;/h10H,3-9H2,1-2H3;2*1H;/q;;;+2/p-2. The Morgan fingerprint density at radius 3 is 2.19 bits per heavy atom. The van der Waals surface area contributed by atoms with Gasteiger partial charge in [0.25, 0.3) is 0 Å². The molecule has 0 bridgehead atoms. The molecule has 0 amide bonds. The predicted octanol–water partition coefficient (Wildman–Crippen LogP) is -1.49. The van der Waals surface area contributed by atoms with E-state index in [4.69, 9.17) is 0 Å². The fourth-order valence-electron chi connectivity index (χ4n) is 1.95. The summed E-state index contributed by atoms with van der Waals surface area (Å²) >= 11 is 1.64. The molecule has 0 spiro atoms. The molecule has 1 rings (SSSR count). The summed E-state index contributed by atoms with van der Waals surface area (Å²) in [5.41, 5.74) is 3.42. The number of halogens is 2. The maximum atomic E-state index is 2.48. The number of unbranched alkanes of at least 4 members (excludes halogenated alkanes) is 2. The Morgan fingerprint density at radius 2 is 1.62 bits per heavy atom. The monoisotopic (exact) mass is 337 g/mol. The van der Waals surface area contributed by atoms with Crippen molar-refractivity contribution in [1.29, 1.82) is 0 Å². The summed E-state index contributed by atoms with van der Waals surface area (Å²) in [4.78, 5) is 0. The molecule has 0 N–H and O–H groups in total. The minimum absolute atomic E-state index is 0. The Kier molecular flexibility index (Phi) is 13.3. The summed E-state index contributed by atoms with van der Waals surface area (Å²) < 4.78 is 1.72. The van der Waals surface area contributed by atoms with Gasteiger partial charge in [-0.2, -0.15) is 0 Å². The first-order chi connectivity index (χ1) is 6.79. The molecule has 0 aromatic heterocycles. The SMILES string of the molecule is CCCCC1=CC[C]([Zr+2])=C1CCCC.[Cl-].[Cl-]. The van der Waals surface area contributed by atoms with Crippen molar-refractivity contribution in [2.75, 3.05) is 0 Å². The van der Waals surface area contributed by atoms with E-state index in [1.807, 2.05) is 0 Å². The Morgan fingerprint density at radius 1 is 1.06 bits per heavy atom. The third-order valence-electron chi connectivity index (χ3n) is 2.88. The average Bonchev–Trinajstić information content (AvgIpc) is 2.53. The fraction of sp³-hybridized carbons (Fsp3) is 0.692. The predicted molar refractivity (Wildman–Crippen MR) is 58.8 cm³/mol. The average molecular weight is 339 g/mol. The summed E-state index contributed by atoms with van der Waals surface area (Å²) in [5.74, 6) is 0. The van der Waals surface area contributed by atoms with E-state index in [9.17, 15) is 0 Å². The quantitative estimate of drug-likeness (QED) is 0.553. The van der Waals surface area contributed by atoms with Crippen LogP contribution < -0.4 is 24.8 Å². The van der Waals surface area contributed by atoms with Crippen molar-refractivity contribution in [1.82, 2.24) is 0 Å². The van der Waals surface area contributed by atoms with Crippen LogP contribution in [0, 0.1) is 0 Å². The van der Waals surface area contributed by atoms with Crippen LogP contribution in [0.5, 0.6) is 0 Å².